The highest BCUT2D eigenvalue weighted by atomic mass is 35.5. The van der Waals surface area contributed by atoms with Gasteiger partial charge in [0.1, 0.15) is 5.78 Å². The molecule has 2 rings (SSSR count). The normalized spacial score (nSPS) is 22.6. The first kappa shape index (κ1) is 10.1. The van der Waals surface area contributed by atoms with Gasteiger partial charge in [-0.1, -0.05) is 11.6 Å². The zero-order chi connectivity index (χ0) is 9.97. The number of halogens is 1. The van der Waals surface area contributed by atoms with Crippen molar-refractivity contribution in [3.63, 3.8) is 0 Å². The van der Waals surface area contributed by atoms with Crippen LogP contribution in [0.2, 0.25) is 4.34 Å². The van der Waals surface area contributed by atoms with Crippen molar-refractivity contribution in [2.24, 2.45) is 5.92 Å². The molecule has 1 fully saturated rings. The third-order valence-electron chi connectivity index (χ3n) is 2.37. The second kappa shape index (κ2) is 4.43. The summed E-state index contributed by atoms with van der Waals surface area (Å²) in [5.41, 5.74) is 1.14. The Morgan fingerprint density at radius 1 is 1.64 bits per heavy atom. The summed E-state index contributed by atoms with van der Waals surface area (Å²) in [6, 6.07) is 1.92. The number of thiophene rings is 1. The molecule has 1 aliphatic rings. The molecule has 1 unspecified atom stereocenters. The minimum Gasteiger partial charge on any atom is -0.380 e. The highest BCUT2D eigenvalue weighted by Gasteiger charge is 2.23. The van der Waals surface area contributed by atoms with Crippen LogP contribution >= 0.6 is 22.9 Å². The Kier molecular flexibility index (Phi) is 3.21. The Morgan fingerprint density at radius 3 is 3.14 bits per heavy atom. The van der Waals surface area contributed by atoms with Crippen molar-refractivity contribution in [2.45, 2.75) is 12.8 Å². The number of ketones is 1. The number of carbonyl (C=O) groups is 1. The molecule has 1 atom stereocenters. The maximum atomic E-state index is 11.5. The van der Waals surface area contributed by atoms with Crippen LogP contribution in [-0.4, -0.2) is 19.0 Å². The first-order valence-corrected chi connectivity index (χ1v) is 5.85. The zero-order valence-corrected chi connectivity index (χ0v) is 9.24. The minimum absolute atomic E-state index is 0.0365. The van der Waals surface area contributed by atoms with Gasteiger partial charge in [-0.3, -0.25) is 4.79 Å². The summed E-state index contributed by atoms with van der Waals surface area (Å²) >= 11 is 7.32. The number of Topliss-reactive ketones (excluding diaryl/α,β-unsaturated/α-hetero) is 1. The molecule has 0 aliphatic carbocycles. The van der Waals surface area contributed by atoms with Crippen molar-refractivity contribution in [2.75, 3.05) is 13.2 Å². The van der Waals surface area contributed by atoms with Gasteiger partial charge in [-0.2, -0.15) is 0 Å². The smallest absolute Gasteiger partial charge is 0.140 e. The lowest BCUT2D eigenvalue weighted by atomic mass is 9.94. The molecule has 76 valence electrons. The quantitative estimate of drug-likeness (QED) is 0.781. The molecule has 0 saturated carbocycles. The maximum Gasteiger partial charge on any atom is 0.140 e. The standard InChI is InChI=1S/C10H11ClO2S/c11-10-4-7(6-14-10)3-8-5-13-2-1-9(8)12/h4,6,8H,1-3,5H2. The fourth-order valence-corrected chi connectivity index (χ4v) is 2.53. The first-order valence-electron chi connectivity index (χ1n) is 4.59. The van der Waals surface area contributed by atoms with E-state index in [1.807, 2.05) is 11.4 Å². The summed E-state index contributed by atoms with van der Waals surface area (Å²) in [4.78, 5) is 11.5. The molecule has 0 bridgehead atoms. The summed E-state index contributed by atoms with van der Waals surface area (Å²) in [7, 11) is 0. The van der Waals surface area contributed by atoms with E-state index >= 15 is 0 Å². The van der Waals surface area contributed by atoms with Crippen molar-refractivity contribution in [3.8, 4) is 0 Å². The topological polar surface area (TPSA) is 26.3 Å². The molecule has 1 saturated heterocycles. The van der Waals surface area contributed by atoms with E-state index in [9.17, 15) is 4.79 Å². The molecular formula is C10H11ClO2S. The lowest BCUT2D eigenvalue weighted by Crippen LogP contribution is -2.28. The molecule has 0 radical (unpaired) electrons. The highest BCUT2D eigenvalue weighted by molar-refractivity contribution is 7.14. The van der Waals surface area contributed by atoms with Gasteiger partial charge < -0.3 is 4.74 Å². The number of ether oxygens (including phenoxy) is 1. The Hall–Kier alpha value is -0.380. The van der Waals surface area contributed by atoms with Crippen LogP contribution in [0.3, 0.4) is 0 Å². The predicted octanol–water partition coefficient (Wildman–Crippen LogP) is 2.55. The molecule has 0 amide bonds. The molecule has 1 aliphatic heterocycles. The monoisotopic (exact) mass is 230 g/mol. The van der Waals surface area contributed by atoms with Crippen LogP contribution in [-0.2, 0) is 16.0 Å². The van der Waals surface area contributed by atoms with Crippen LogP contribution < -0.4 is 0 Å². The van der Waals surface area contributed by atoms with E-state index in [4.69, 9.17) is 16.3 Å². The maximum absolute atomic E-state index is 11.5. The van der Waals surface area contributed by atoms with Gasteiger partial charge in [-0.15, -0.1) is 11.3 Å². The molecule has 1 aromatic heterocycles. The Morgan fingerprint density at radius 2 is 2.50 bits per heavy atom. The lowest BCUT2D eigenvalue weighted by molar-refractivity contribution is -0.130. The van der Waals surface area contributed by atoms with Gasteiger partial charge >= 0.3 is 0 Å². The van der Waals surface area contributed by atoms with E-state index < -0.39 is 0 Å². The number of carbonyl (C=O) groups excluding carboxylic acids is 1. The minimum atomic E-state index is 0.0365. The summed E-state index contributed by atoms with van der Waals surface area (Å²) in [6.45, 7) is 1.14. The van der Waals surface area contributed by atoms with Gasteiger partial charge in [0, 0.05) is 12.3 Å². The second-order valence-corrected chi connectivity index (χ2v) is 4.99. The zero-order valence-electron chi connectivity index (χ0n) is 7.66. The van der Waals surface area contributed by atoms with E-state index in [1.165, 1.54) is 11.3 Å². The molecule has 2 heterocycles. The molecule has 4 heteroatoms. The Bertz CT molecular complexity index is 335. The van der Waals surface area contributed by atoms with Gasteiger partial charge in [0.25, 0.3) is 0 Å². The van der Waals surface area contributed by atoms with Crippen LogP contribution in [0.4, 0.5) is 0 Å². The fourth-order valence-electron chi connectivity index (χ4n) is 1.61. The molecule has 0 spiro atoms. The summed E-state index contributed by atoms with van der Waals surface area (Å²) in [5, 5.41) is 2.00. The van der Waals surface area contributed by atoms with E-state index in [-0.39, 0.29) is 5.92 Å². The molecule has 14 heavy (non-hydrogen) atoms. The van der Waals surface area contributed by atoms with Crippen molar-refractivity contribution < 1.29 is 9.53 Å². The van der Waals surface area contributed by atoms with Crippen LogP contribution in [0.5, 0.6) is 0 Å². The largest absolute Gasteiger partial charge is 0.380 e. The highest BCUT2D eigenvalue weighted by Crippen LogP contribution is 2.23. The van der Waals surface area contributed by atoms with Crippen LogP contribution in [0.15, 0.2) is 11.4 Å². The second-order valence-electron chi connectivity index (χ2n) is 3.45. The predicted molar refractivity (Wildman–Crippen MR) is 57.0 cm³/mol. The average molecular weight is 231 g/mol. The number of hydrogen-bond acceptors (Lipinski definition) is 3. The molecular weight excluding hydrogens is 220 g/mol. The van der Waals surface area contributed by atoms with Gasteiger partial charge in [-0.25, -0.2) is 0 Å². The van der Waals surface area contributed by atoms with Crippen LogP contribution in [0.25, 0.3) is 0 Å². The summed E-state index contributed by atoms with van der Waals surface area (Å²) < 4.78 is 6.06. The van der Waals surface area contributed by atoms with Crippen molar-refractivity contribution >= 4 is 28.7 Å². The number of hydrogen-bond donors (Lipinski definition) is 0. The molecule has 1 aromatic rings. The van der Waals surface area contributed by atoms with Crippen molar-refractivity contribution in [1.82, 2.24) is 0 Å². The lowest BCUT2D eigenvalue weighted by Gasteiger charge is -2.20. The van der Waals surface area contributed by atoms with Gasteiger partial charge in [-0.05, 0) is 23.4 Å². The molecule has 2 nitrogen and oxygen atoms in total. The van der Waals surface area contributed by atoms with E-state index in [2.05, 4.69) is 0 Å². The van der Waals surface area contributed by atoms with Crippen molar-refractivity contribution in [3.05, 3.63) is 21.3 Å². The third kappa shape index (κ3) is 2.35. The summed E-state index contributed by atoms with van der Waals surface area (Å²) in [5.74, 6) is 0.355. The van der Waals surface area contributed by atoms with E-state index in [0.29, 0.717) is 25.4 Å². The third-order valence-corrected chi connectivity index (χ3v) is 3.51. The van der Waals surface area contributed by atoms with Gasteiger partial charge in [0.15, 0.2) is 0 Å². The fraction of sp³-hybridized carbons (Fsp3) is 0.500. The Balaban J connectivity index is 1.99. The molecule has 0 N–H and O–H groups in total. The summed E-state index contributed by atoms with van der Waals surface area (Å²) in [6.07, 6.45) is 1.32. The number of rotatable bonds is 2. The van der Waals surface area contributed by atoms with Gasteiger partial charge in [0.2, 0.25) is 0 Å². The van der Waals surface area contributed by atoms with Crippen LogP contribution in [0.1, 0.15) is 12.0 Å². The molecule has 0 aromatic carbocycles. The van der Waals surface area contributed by atoms with E-state index in [1.54, 1.807) is 0 Å². The van der Waals surface area contributed by atoms with Gasteiger partial charge in [0.05, 0.1) is 17.6 Å². The average Bonchev–Trinajstić information content (AvgIpc) is 2.56. The Labute approximate surface area is 91.8 Å². The van der Waals surface area contributed by atoms with Crippen molar-refractivity contribution in [1.29, 1.82) is 0 Å². The van der Waals surface area contributed by atoms with Crippen LogP contribution in [0, 0.1) is 5.92 Å². The van der Waals surface area contributed by atoms with E-state index in [0.717, 1.165) is 16.3 Å². The first-order chi connectivity index (χ1) is 6.75. The SMILES string of the molecule is O=C1CCOCC1Cc1csc(Cl)c1.